The molecule has 0 aliphatic carbocycles. The molecule has 2 atom stereocenters. The second-order valence-electron chi connectivity index (χ2n) is 8.16. The van der Waals surface area contributed by atoms with Gasteiger partial charge in [0.2, 0.25) is 11.8 Å². The van der Waals surface area contributed by atoms with E-state index >= 15 is 0 Å². The molecule has 0 spiro atoms. The largest absolute Gasteiger partial charge is 0.471 e. The first kappa shape index (κ1) is 27.5. The van der Waals surface area contributed by atoms with Gasteiger partial charge in [0.05, 0.1) is 18.9 Å². The van der Waals surface area contributed by atoms with Crippen LogP contribution in [-0.2, 0) is 28.0 Å². The highest BCUT2D eigenvalue weighted by Crippen LogP contribution is 2.43. The molecule has 0 aromatic carbocycles. The molecule has 0 heterocycles. The summed E-state index contributed by atoms with van der Waals surface area (Å²) in [7, 11) is -3.21. The zero-order chi connectivity index (χ0) is 22.9. The van der Waals surface area contributed by atoms with Gasteiger partial charge in [-0.25, -0.2) is 4.57 Å². The summed E-state index contributed by atoms with van der Waals surface area (Å²) in [6.45, 7) is 10.1. The quantitative estimate of drug-likeness (QED) is 0.199. The molecule has 0 aliphatic heterocycles. The van der Waals surface area contributed by atoms with E-state index in [1.165, 1.54) is 13.8 Å². The Hall–Kier alpha value is -1.52. The third-order valence-electron chi connectivity index (χ3n) is 3.49. The standard InChI is InChI=1S/C17H34N3O8P/c1-12(20-28-16(2,3)4)10-19-13(21)8-9-18-15(23)14(22)17(5,6)11-27-29(24,25)26-7/h14,22H,8-11H2,1-7H3,(H,18,23)(H,19,21)(H,24,25)/b20-12+. The topological polar surface area (TPSA) is 156 Å². The SMILES string of the molecule is COP(=O)(O)OCC(C)(C)C(O)C(=O)NCCC(=O)NC/C(C)=N/OC(C)(C)C. The Balaban J connectivity index is 4.33. The van der Waals surface area contributed by atoms with Crippen molar-refractivity contribution >= 4 is 25.3 Å². The molecule has 4 N–H and O–H groups in total. The number of carbonyl (C=O) groups is 2. The van der Waals surface area contributed by atoms with Crippen molar-refractivity contribution in [2.75, 3.05) is 26.8 Å². The molecule has 12 heteroatoms. The number of carbonyl (C=O) groups excluding carboxylic acids is 2. The lowest BCUT2D eigenvalue weighted by Crippen LogP contribution is -2.46. The zero-order valence-corrected chi connectivity index (χ0v) is 19.0. The minimum absolute atomic E-state index is 0.00167. The number of nitrogens with zero attached hydrogens (tertiary/aromatic N) is 1. The number of phosphoric acid groups is 1. The highest BCUT2D eigenvalue weighted by molar-refractivity contribution is 7.47. The first-order valence-electron chi connectivity index (χ1n) is 9.07. The maximum absolute atomic E-state index is 12.1. The van der Waals surface area contributed by atoms with E-state index in [2.05, 4.69) is 20.3 Å². The normalized spacial score (nSPS) is 16.0. The number of nitrogens with one attached hydrogen (secondary N) is 2. The molecule has 0 radical (unpaired) electrons. The fourth-order valence-corrected chi connectivity index (χ4v) is 2.29. The zero-order valence-electron chi connectivity index (χ0n) is 18.1. The van der Waals surface area contributed by atoms with E-state index in [-0.39, 0.29) is 32.0 Å². The molecule has 11 nitrogen and oxygen atoms in total. The lowest BCUT2D eigenvalue weighted by molar-refractivity contribution is -0.137. The predicted octanol–water partition coefficient (Wildman–Crippen LogP) is 0.950. The van der Waals surface area contributed by atoms with E-state index in [1.807, 2.05) is 20.8 Å². The van der Waals surface area contributed by atoms with Gasteiger partial charge in [-0.2, -0.15) is 0 Å². The van der Waals surface area contributed by atoms with Crippen LogP contribution in [0.3, 0.4) is 0 Å². The van der Waals surface area contributed by atoms with Crippen LogP contribution < -0.4 is 10.6 Å². The average molecular weight is 439 g/mol. The summed E-state index contributed by atoms with van der Waals surface area (Å²) in [5, 5.41) is 19.1. The fraction of sp³-hybridized carbons (Fsp3) is 0.824. The van der Waals surface area contributed by atoms with Gasteiger partial charge in [-0.05, 0) is 27.7 Å². The Labute approximate surface area is 171 Å². The van der Waals surface area contributed by atoms with E-state index in [0.717, 1.165) is 7.11 Å². The van der Waals surface area contributed by atoms with Crippen LogP contribution in [0.4, 0.5) is 0 Å². The van der Waals surface area contributed by atoms with Crippen LogP contribution in [0.2, 0.25) is 0 Å². The number of aliphatic hydroxyl groups is 1. The molecule has 2 unspecified atom stereocenters. The van der Waals surface area contributed by atoms with Crippen LogP contribution in [0.1, 0.15) is 48.0 Å². The second-order valence-corrected chi connectivity index (χ2v) is 9.72. The first-order chi connectivity index (χ1) is 13.1. The summed E-state index contributed by atoms with van der Waals surface area (Å²) in [6, 6.07) is 0. The second kappa shape index (κ2) is 11.6. The summed E-state index contributed by atoms with van der Waals surface area (Å²) in [5.41, 5.74) is -0.997. The molecule has 0 saturated carbocycles. The van der Waals surface area contributed by atoms with Gasteiger partial charge in [0.15, 0.2) is 0 Å². The Morgan fingerprint density at radius 2 is 1.76 bits per heavy atom. The van der Waals surface area contributed by atoms with Crippen LogP contribution in [0.5, 0.6) is 0 Å². The van der Waals surface area contributed by atoms with Gasteiger partial charge < -0.3 is 25.5 Å². The van der Waals surface area contributed by atoms with Crippen molar-refractivity contribution in [2.45, 2.75) is 59.7 Å². The molecule has 0 rings (SSSR count). The Morgan fingerprint density at radius 3 is 2.28 bits per heavy atom. The first-order valence-corrected chi connectivity index (χ1v) is 10.6. The number of amides is 2. The molecule has 0 aromatic rings. The molecular weight excluding hydrogens is 405 g/mol. The number of hydrogen-bond donors (Lipinski definition) is 4. The van der Waals surface area contributed by atoms with E-state index in [0.29, 0.717) is 5.71 Å². The van der Waals surface area contributed by atoms with Crippen LogP contribution in [0.25, 0.3) is 0 Å². The van der Waals surface area contributed by atoms with Crippen LogP contribution in [0.15, 0.2) is 5.16 Å². The van der Waals surface area contributed by atoms with Crippen LogP contribution >= 0.6 is 7.82 Å². The number of oxime groups is 1. The predicted molar refractivity (Wildman–Crippen MR) is 107 cm³/mol. The van der Waals surface area contributed by atoms with E-state index in [1.54, 1.807) is 6.92 Å². The minimum Gasteiger partial charge on any atom is -0.390 e. The highest BCUT2D eigenvalue weighted by atomic mass is 31.2. The van der Waals surface area contributed by atoms with Crippen molar-refractivity contribution in [3.05, 3.63) is 0 Å². The molecule has 2 amide bonds. The van der Waals surface area contributed by atoms with E-state index in [9.17, 15) is 24.2 Å². The third-order valence-corrected chi connectivity index (χ3v) is 4.40. The third kappa shape index (κ3) is 12.6. The molecule has 0 aliphatic rings. The van der Waals surface area contributed by atoms with Crippen molar-refractivity contribution < 1.29 is 38.0 Å². The van der Waals surface area contributed by atoms with Gasteiger partial charge in [-0.3, -0.25) is 18.6 Å². The number of aliphatic hydroxyl groups excluding tert-OH is 1. The maximum atomic E-state index is 12.1. The van der Waals surface area contributed by atoms with Crippen LogP contribution in [0, 0.1) is 5.41 Å². The van der Waals surface area contributed by atoms with Gasteiger partial charge in [-0.1, -0.05) is 19.0 Å². The summed E-state index contributed by atoms with van der Waals surface area (Å²) in [6.07, 6.45) is -1.52. The average Bonchev–Trinajstić information content (AvgIpc) is 2.61. The summed E-state index contributed by atoms with van der Waals surface area (Å²) < 4.78 is 20.3. The lowest BCUT2D eigenvalue weighted by atomic mass is 9.87. The summed E-state index contributed by atoms with van der Waals surface area (Å²) >= 11 is 0. The Bertz CT molecular complexity index is 631. The number of rotatable bonds is 12. The van der Waals surface area contributed by atoms with Crippen molar-refractivity contribution in [1.82, 2.24) is 10.6 Å². The van der Waals surface area contributed by atoms with Crippen molar-refractivity contribution in [1.29, 1.82) is 0 Å². The monoisotopic (exact) mass is 439 g/mol. The Morgan fingerprint density at radius 1 is 1.17 bits per heavy atom. The van der Waals surface area contributed by atoms with Crippen molar-refractivity contribution in [2.24, 2.45) is 10.6 Å². The Kier molecular flexibility index (Phi) is 11.0. The molecular formula is C17H34N3O8P. The smallest absolute Gasteiger partial charge is 0.390 e. The van der Waals surface area contributed by atoms with Gasteiger partial charge in [0.25, 0.3) is 0 Å². The van der Waals surface area contributed by atoms with Gasteiger partial charge in [-0.15, -0.1) is 0 Å². The van der Waals surface area contributed by atoms with Crippen LogP contribution in [-0.4, -0.2) is 66.0 Å². The number of phosphoric ester groups is 1. The van der Waals surface area contributed by atoms with Crippen molar-refractivity contribution in [3.63, 3.8) is 0 Å². The minimum atomic E-state index is -4.22. The van der Waals surface area contributed by atoms with E-state index < -0.39 is 30.8 Å². The molecule has 0 bridgehead atoms. The molecule has 0 aromatic heterocycles. The van der Waals surface area contributed by atoms with Gasteiger partial charge >= 0.3 is 7.82 Å². The molecule has 29 heavy (non-hydrogen) atoms. The molecule has 170 valence electrons. The molecule has 0 saturated heterocycles. The number of hydrogen-bond acceptors (Lipinski definition) is 8. The summed E-state index contributed by atoms with van der Waals surface area (Å²) in [5.74, 6) is -1.04. The lowest BCUT2D eigenvalue weighted by Gasteiger charge is -2.29. The summed E-state index contributed by atoms with van der Waals surface area (Å²) in [4.78, 5) is 38.4. The van der Waals surface area contributed by atoms with Gasteiger partial charge in [0.1, 0.15) is 11.7 Å². The molecule has 0 fully saturated rings. The van der Waals surface area contributed by atoms with E-state index in [4.69, 9.17) is 9.36 Å². The van der Waals surface area contributed by atoms with Gasteiger partial charge in [0, 0.05) is 25.5 Å². The maximum Gasteiger partial charge on any atom is 0.471 e. The van der Waals surface area contributed by atoms with Crippen molar-refractivity contribution in [3.8, 4) is 0 Å². The highest BCUT2D eigenvalue weighted by Gasteiger charge is 2.36. The fourth-order valence-electron chi connectivity index (χ4n) is 1.69.